The second kappa shape index (κ2) is 8.36. The molecule has 3 aromatic rings. The van der Waals surface area contributed by atoms with Gasteiger partial charge in [-0.3, -0.25) is 4.72 Å². The van der Waals surface area contributed by atoms with Gasteiger partial charge >= 0.3 is 35.7 Å². The third-order valence-corrected chi connectivity index (χ3v) is 6.79. The average Bonchev–Trinajstić information content (AvgIpc) is 3.25. The Kier molecular flexibility index (Phi) is 6.53. The topological polar surface area (TPSA) is 108 Å². The number of benzene rings is 1. The number of thioether (sulfide) groups is 1. The maximum atomic E-state index is 12.9. The number of ether oxygens (including phenoxy) is 1. The molecular formula is C17H19ClN5NaO4S2. The zero-order valence-electron chi connectivity index (χ0n) is 17.8. The van der Waals surface area contributed by atoms with Crippen LogP contribution in [0.5, 0.6) is 0 Å². The average molecular weight is 480 g/mol. The first kappa shape index (κ1) is 23.4. The standard InChI is InChI=1S/C17H18ClN5O4S2.Na.H/c1-17(2,3)27-16(24)23-12-5-4-11(8-10(12)9-19-23)21-29(25,26)14-13(18)20-15-22(14)6-7-28-15;;/h4-5,8-9,21H,6-7H2,1-3H3;;/q;+1;-1. The number of aromatic nitrogens is 4. The van der Waals surface area contributed by atoms with Crippen molar-refractivity contribution >= 4 is 56.1 Å². The van der Waals surface area contributed by atoms with Crippen LogP contribution < -0.4 is 34.3 Å². The predicted octanol–water partition coefficient (Wildman–Crippen LogP) is 0.692. The number of nitrogens with one attached hydrogen (secondary N) is 1. The molecule has 0 spiro atoms. The second-order valence-electron chi connectivity index (χ2n) is 7.41. The molecule has 2 aromatic heterocycles. The minimum atomic E-state index is -3.94. The van der Waals surface area contributed by atoms with Crippen molar-refractivity contribution in [3.63, 3.8) is 0 Å². The molecule has 30 heavy (non-hydrogen) atoms. The molecular weight excluding hydrogens is 461 g/mol. The molecule has 1 aromatic carbocycles. The molecule has 0 radical (unpaired) electrons. The summed E-state index contributed by atoms with van der Waals surface area (Å²) in [5.74, 6) is 0.748. The molecule has 13 heteroatoms. The van der Waals surface area contributed by atoms with E-state index < -0.39 is 21.7 Å². The number of halogens is 1. The number of hydrogen-bond acceptors (Lipinski definition) is 7. The number of carbonyl (C=O) groups excluding carboxylic acids is 1. The summed E-state index contributed by atoms with van der Waals surface area (Å²) in [5.41, 5.74) is 0.161. The summed E-state index contributed by atoms with van der Waals surface area (Å²) < 4.78 is 36.4. The minimum Gasteiger partial charge on any atom is -1.00 e. The summed E-state index contributed by atoms with van der Waals surface area (Å²) in [4.78, 5) is 16.4. The van der Waals surface area contributed by atoms with Crippen LogP contribution in [0.1, 0.15) is 22.2 Å². The van der Waals surface area contributed by atoms with Gasteiger partial charge in [-0.25, -0.2) is 9.78 Å². The molecule has 0 unspecified atom stereocenters. The first-order valence-corrected chi connectivity index (χ1v) is 11.5. The maximum absolute atomic E-state index is 12.9. The Morgan fingerprint density at radius 2 is 2.10 bits per heavy atom. The van der Waals surface area contributed by atoms with Crippen molar-refractivity contribution in [3.8, 4) is 0 Å². The van der Waals surface area contributed by atoms with Crippen LogP contribution in [0.15, 0.2) is 34.6 Å². The van der Waals surface area contributed by atoms with Gasteiger partial charge in [0.05, 0.1) is 11.7 Å². The summed E-state index contributed by atoms with van der Waals surface area (Å²) in [6.07, 6.45) is 0.858. The molecule has 0 saturated carbocycles. The monoisotopic (exact) mass is 479 g/mol. The number of rotatable bonds is 3. The normalized spacial score (nSPS) is 13.7. The summed E-state index contributed by atoms with van der Waals surface area (Å²) in [7, 11) is -3.94. The number of imidazole rings is 1. The van der Waals surface area contributed by atoms with E-state index in [0.717, 1.165) is 10.4 Å². The van der Waals surface area contributed by atoms with Crippen molar-refractivity contribution < 1.29 is 48.9 Å². The van der Waals surface area contributed by atoms with E-state index in [1.165, 1.54) is 18.0 Å². The van der Waals surface area contributed by atoms with E-state index >= 15 is 0 Å². The fraction of sp³-hybridized carbons (Fsp3) is 0.353. The first-order valence-electron chi connectivity index (χ1n) is 8.68. The van der Waals surface area contributed by atoms with E-state index in [-0.39, 0.29) is 41.2 Å². The van der Waals surface area contributed by atoms with Crippen LogP contribution in [0, 0.1) is 0 Å². The van der Waals surface area contributed by atoms with E-state index in [1.54, 1.807) is 43.5 Å². The van der Waals surface area contributed by atoms with Crippen molar-refractivity contribution in [2.45, 2.75) is 43.1 Å². The molecule has 9 nitrogen and oxygen atoms in total. The van der Waals surface area contributed by atoms with Crippen molar-refractivity contribution in [1.29, 1.82) is 0 Å². The third-order valence-electron chi connectivity index (χ3n) is 4.03. The van der Waals surface area contributed by atoms with Crippen LogP contribution in [0.25, 0.3) is 10.9 Å². The van der Waals surface area contributed by atoms with Gasteiger partial charge in [0.2, 0.25) is 0 Å². The number of hydrogen-bond donors (Lipinski definition) is 1. The zero-order valence-corrected chi connectivity index (χ0v) is 21.2. The van der Waals surface area contributed by atoms with Crippen molar-refractivity contribution in [1.82, 2.24) is 19.3 Å². The number of carbonyl (C=O) groups is 1. The van der Waals surface area contributed by atoms with E-state index in [0.29, 0.717) is 28.3 Å². The second-order valence-corrected chi connectivity index (χ2v) is 10.4. The van der Waals surface area contributed by atoms with Crippen molar-refractivity contribution in [2.75, 3.05) is 10.5 Å². The Bertz CT molecular complexity index is 1240. The fourth-order valence-electron chi connectivity index (χ4n) is 2.93. The van der Waals surface area contributed by atoms with Gasteiger partial charge in [0.25, 0.3) is 10.0 Å². The largest absolute Gasteiger partial charge is 1.00 e. The fourth-order valence-corrected chi connectivity index (χ4v) is 5.75. The molecule has 0 aliphatic carbocycles. The molecule has 0 fully saturated rings. The summed E-state index contributed by atoms with van der Waals surface area (Å²) >= 11 is 7.53. The Morgan fingerprint density at radius 3 is 2.80 bits per heavy atom. The maximum Gasteiger partial charge on any atom is 1.00 e. The molecule has 0 amide bonds. The van der Waals surface area contributed by atoms with E-state index in [2.05, 4.69) is 14.8 Å². The van der Waals surface area contributed by atoms with Crippen LogP contribution in [0.3, 0.4) is 0 Å². The summed E-state index contributed by atoms with van der Waals surface area (Å²) in [6, 6.07) is 4.74. The van der Waals surface area contributed by atoms with Crippen LogP contribution >= 0.6 is 23.4 Å². The van der Waals surface area contributed by atoms with Gasteiger partial charge in [0.15, 0.2) is 15.3 Å². The van der Waals surface area contributed by atoms with Crippen molar-refractivity contribution in [2.24, 2.45) is 0 Å². The third kappa shape index (κ3) is 4.51. The number of fused-ring (bicyclic) bond motifs is 2. The quantitative estimate of drug-likeness (QED) is 0.551. The van der Waals surface area contributed by atoms with Crippen molar-refractivity contribution in [3.05, 3.63) is 29.5 Å². The first-order chi connectivity index (χ1) is 13.5. The SMILES string of the molecule is CC(C)(C)OC(=O)n1ncc2cc(NS(=O)(=O)c3c(Cl)nc4n3CCS4)ccc21.[H-].[Na+]. The smallest absolute Gasteiger partial charge is 1.00 e. The number of anilines is 1. The molecule has 4 rings (SSSR count). The molecule has 0 bridgehead atoms. The predicted molar refractivity (Wildman–Crippen MR) is 111 cm³/mol. The van der Waals surface area contributed by atoms with E-state index in [9.17, 15) is 13.2 Å². The Morgan fingerprint density at radius 1 is 1.37 bits per heavy atom. The van der Waals surface area contributed by atoms with Gasteiger partial charge in [-0.1, -0.05) is 23.4 Å². The van der Waals surface area contributed by atoms with Gasteiger partial charge in [0.1, 0.15) is 5.60 Å². The summed E-state index contributed by atoms with van der Waals surface area (Å²) in [5, 5.41) is 5.11. The molecule has 1 aliphatic heterocycles. The Labute approximate surface area is 206 Å². The van der Waals surface area contributed by atoms with Gasteiger partial charge in [0, 0.05) is 23.4 Å². The minimum absolute atomic E-state index is 0. The van der Waals surface area contributed by atoms with Crippen LogP contribution in [-0.2, 0) is 21.3 Å². The Hall–Kier alpha value is -1.24. The molecule has 1 aliphatic rings. The summed E-state index contributed by atoms with van der Waals surface area (Å²) in [6.45, 7) is 5.82. The van der Waals surface area contributed by atoms with E-state index in [1.807, 2.05) is 0 Å². The van der Waals surface area contributed by atoms with Crippen LogP contribution in [0.4, 0.5) is 10.5 Å². The molecule has 0 saturated heterocycles. The van der Waals surface area contributed by atoms with Gasteiger partial charge in [-0.05, 0) is 39.0 Å². The van der Waals surface area contributed by atoms with Crippen LogP contribution in [0.2, 0.25) is 5.15 Å². The van der Waals surface area contributed by atoms with Gasteiger partial charge in [-0.15, -0.1) is 0 Å². The molecule has 1 N–H and O–H groups in total. The van der Waals surface area contributed by atoms with E-state index in [4.69, 9.17) is 16.3 Å². The van der Waals surface area contributed by atoms with Gasteiger partial charge in [-0.2, -0.15) is 18.2 Å². The number of sulfonamides is 1. The molecule has 156 valence electrons. The Balaban J connectivity index is 0.00000171. The molecule has 0 atom stereocenters. The molecule has 3 heterocycles. The van der Waals surface area contributed by atoms with Gasteiger partial charge < -0.3 is 10.7 Å². The zero-order chi connectivity index (χ0) is 21.0. The van der Waals surface area contributed by atoms with Crippen LogP contribution in [-0.4, -0.2) is 45.2 Å². The number of nitrogens with zero attached hydrogens (tertiary/aromatic N) is 4.